The van der Waals surface area contributed by atoms with E-state index in [0.717, 1.165) is 63.5 Å². The number of aliphatic hydroxyl groups excluding tert-OH is 1. The fraction of sp³-hybridized carbons (Fsp3) is 0.529. The Kier molecular flexibility index (Phi) is 16.2. The molecule has 1 saturated heterocycles. The van der Waals surface area contributed by atoms with Crippen LogP contribution in [0.1, 0.15) is 36.0 Å². The third kappa shape index (κ3) is 12.9. The van der Waals surface area contributed by atoms with Gasteiger partial charge in [0.15, 0.2) is 0 Å². The molecular weight excluding hydrogens is 614 g/mol. The summed E-state index contributed by atoms with van der Waals surface area (Å²) in [4.78, 5) is 26.1. The maximum atomic E-state index is 12.6. The minimum absolute atomic E-state index is 0.0171. The quantitative estimate of drug-likeness (QED) is 0.0379. The summed E-state index contributed by atoms with van der Waals surface area (Å²) in [7, 11) is 0. The lowest BCUT2D eigenvalue weighted by Crippen LogP contribution is -2.82. The molecule has 14 nitrogen and oxygen atoms in total. The van der Waals surface area contributed by atoms with Crippen molar-refractivity contribution in [3.63, 3.8) is 0 Å². The second kappa shape index (κ2) is 21.1. The fourth-order valence-electron chi connectivity index (χ4n) is 5.59. The number of hydrogen-bond donors (Lipinski definition) is 6. The van der Waals surface area contributed by atoms with Crippen LogP contribution < -0.4 is 26.2 Å². The van der Waals surface area contributed by atoms with Crippen LogP contribution in [-0.4, -0.2) is 123 Å². The second-order valence-corrected chi connectivity index (χ2v) is 11.7. The molecule has 0 bridgehead atoms. The smallest absolute Gasteiger partial charge is 0.261 e. The number of benzene rings is 1. The summed E-state index contributed by atoms with van der Waals surface area (Å²) in [5, 5.41) is 27.8. The molecule has 0 atom stereocenters. The molecule has 48 heavy (non-hydrogen) atoms. The number of anilines is 3. The van der Waals surface area contributed by atoms with E-state index in [-0.39, 0.29) is 35.6 Å². The SMILES string of the molecule is C=CCNC(=O)c1cnc(Nc2ccc(N3CCN(CCOCCOCCOCCNC4CCCC4)CC3)cc2)nc1[NH2+]C(=N)/C=C\O. The number of quaternary nitrogens is 1. The Bertz CT molecular complexity index is 1300. The summed E-state index contributed by atoms with van der Waals surface area (Å²) in [6, 6.07) is 8.74. The molecule has 1 saturated carbocycles. The van der Waals surface area contributed by atoms with Crippen molar-refractivity contribution >= 4 is 34.9 Å². The topological polar surface area (TPSA) is 174 Å². The Morgan fingerprint density at radius 3 is 2.40 bits per heavy atom. The van der Waals surface area contributed by atoms with E-state index in [9.17, 15) is 4.79 Å². The molecule has 0 radical (unpaired) electrons. The van der Waals surface area contributed by atoms with Gasteiger partial charge < -0.3 is 40.2 Å². The number of nitrogens with two attached hydrogens (primary N) is 1. The molecule has 4 rings (SSSR count). The highest BCUT2D eigenvalue weighted by molar-refractivity contribution is 5.98. The Hall–Kier alpha value is -3.92. The van der Waals surface area contributed by atoms with Gasteiger partial charge in [0.2, 0.25) is 17.6 Å². The van der Waals surface area contributed by atoms with E-state index in [0.29, 0.717) is 39.1 Å². The molecule has 1 aromatic carbocycles. The maximum Gasteiger partial charge on any atom is 0.261 e. The molecule has 14 heteroatoms. The number of aliphatic hydroxyl groups is 1. The average molecular weight is 667 g/mol. The van der Waals surface area contributed by atoms with Gasteiger partial charge in [-0.15, -0.1) is 6.58 Å². The first-order chi connectivity index (χ1) is 23.6. The van der Waals surface area contributed by atoms with Crippen molar-refractivity contribution in [1.29, 1.82) is 5.41 Å². The molecule has 2 aliphatic rings. The van der Waals surface area contributed by atoms with E-state index in [1.807, 2.05) is 12.1 Å². The molecule has 1 aliphatic heterocycles. The number of carbonyl (C=O) groups is 1. The number of rotatable bonds is 21. The largest absolute Gasteiger partial charge is 0.515 e. The number of nitrogens with one attached hydrogen (secondary N) is 4. The Balaban J connectivity index is 1.10. The van der Waals surface area contributed by atoms with E-state index in [2.05, 4.69) is 54.4 Å². The van der Waals surface area contributed by atoms with E-state index in [1.54, 1.807) is 6.08 Å². The highest BCUT2D eigenvalue weighted by Crippen LogP contribution is 2.22. The van der Waals surface area contributed by atoms with Gasteiger partial charge in [-0.05, 0) is 37.1 Å². The summed E-state index contributed by atoms with van der Waals surface area (Å²) >= 11 is 0. The minimum Gasteiger partial charge on any atom is -0.515 e. The van der Waals surface area contributed by atoms with E-state index < -0.39 is 0 Å². The standard InChI is InChI=1S/C34H51N9O5/c1-2-12-37-33(45)30-26-38-34(41-32(30)40-31(35)11-19-44)39-28-7-9-29(10-8-28)43-16-14-42(15-17-43)18-21-47-23-25-48-24-22-46-20-13-36-27-5-3-4-6-27/h2,7-11,19,26-27,36,44H,1,3-6,12-18,20-25H2,(H,37,45)(H3,35,38,39,40,41)/p+1/b19-11-. The van der Waals surface area contributed by atoms with Crippen LogP contribution in [0.4, 0.5) is 23.1 Å². The number of piperazine rings is 1. The van der Waals surface area contributed by atoms with Crippen LogP contribution in [0.5, 0.6) is 0 Å². The third-order valence-electron chi connectivity index (χ3n) is 8.21. The number of carbonyl (C=O) groups excluding carboxylic acids is 1. The van der Waals surface area contributed by atoms with Gasteiger partial charge in [-0.25, -0.2) is 10.3 Å². The molecule has 0 unspecified atom stereocenters. The second-order valence-electron chi connectivity index (χ2n) is 11.7. The summed E-state index contributed by atoms with van der Waals surface area (Å²) in [5.41, 5.74) is 2.14. The highest BCUT2D eigenvalue weighted by Gasteiger charge is 2.20. The third-order valence-corrected chi connectivity index (χ3v) is 8.21. The van der Waals surface area contributed by atoms with Crippen LogP contribution >= 0.6 is 0 Å². The molecule has 2 fully saturated rings. The van der Waals surface area contributed by atoms with E-state index in [1.165, 1.54) is 43.3 Å². The van der Waals surface area contributed by atoms with Crippen molar-refractivity contribution in [1.82, 2.24) is 25.5 Å². The Morgan fingerprint density at radius 2 is 1.71 bits per heavy atom. The van der Waals surface area contributed by atoms with Crippen LogP contribution in [0.25, 0.3) is 0 Å². The van der Waals surface area contributed by atoms with Gasteiger partial charge in [0, 0.05) is 63.2 Å². The first kappa shape index (κ1) is 36.9. The average Bonchev–Trinajstić information content (AvgIpc) is 3.62. The van der Waals surface area contributed by atoms with Crippen molar-refractivity contribution in [2.24, 2.45) is 0 Å². The fourth-order valence-corrected chi connectivity index (χ4v) is 5.59. The Morgan fingerprint density at radius 1 is 1.02 bits per heavy atom. The van der Waals surface area contributed by atoms with Crippen LogP contribution in [-0.2, 0) is 14.2 Å². The highest BCUT2D eigenvalue weighted by atomic mass is 16.5. The number of aromatic nitrogens is 2. The molecule has 1 amide bonds. The number of nitrogens with zero attached hydrogens (tertiary/aromatic N) is 4. The van der Waals surface area contributed by atoms with Crippen LogP contribution in [0.2, 0.25) is 0 Å². The molecule has 2 aromatic rings. The lowest BCUT2D eigenvalue weighted by Gasteiger charge is -2.36. The molecular formula is C34H52N9O5+. The van der Waals surface area contributed by atoms with Gasteiger partial charge in [0.05, 0.1) is 58.2 Å². The normalized spacial score (nSPS) is 15.6. The van der Waals surface area contributed by atoms with Crippen LogP contribution in [0, 0.1) is 5.41 Å². The summed E-state index contributed by atoms with van der Waals surface area (Å²) < 4.78 is 17.0. The summed E-state index contributed by atoms with van der Waals surface area (Å²) in [5.74, 6) is 0.134. The zero-order valence-corrected chi connectivity index (χ0v) is 27.9. The molecule has 2 heterocycles. The number of ether oxygens (including phenoxy) is 3. The summed E-state index contributed by atoms with van der Waals surface area (Å²) in [6.45, 7) is 13.3. The van der Waals surface area contributed by atoms with Gasteiger partial charge in [0.1, 0.15) is 5.56 Å². The Labute approximate surface area is 283 Å². The maximum absolute atomic E-state index is 12.6. The van der Waals surface area contributed by atoms with Gasteiger partial charge in [0.25, 0.3) is 5.91 Å². The monoisotopic (exact) mass is 666 g/mol. The van der Waals surface area contributed by atoms with Gasteiger partial charge >= 0.3 is 0 Å². The summed E-state index contributed by atoms with van der Waals surface area (Å²) in [6.07, 6.45) is 10.2. The van der Waals surface area contributed by atoms with Crippen molar-refractivity contribution in [3.05, 3.63) is 61.0 Å². The number of amidine groups is 1. The predicted octanol–water partition coefficient (Wildman–Crippen LogP) is 2.08. The van der Waals surface area contributed by atoms with Crippen molar-refractivity contribution in [2.45, 2.75) is 31.7 Å². The number of hydrogen-bond acceptors (Lipinski definition) is 12. The molecule has 0 spiro atoms. The zero-order valence-electron chi connectivity index (χ0n) is 27.9. The van der Waals surface area contributed by atoms with Gasteiger partial charge in [-0.2, -0.15) is 4.98 Å². The predicted molar refractivity (Wildman–Crippen MR) is 187 cm³/mol. The van der Waals surface area contributed by atoms with Crippen molar-refractivity contribution in [2.75, 3.05) is 95.7 Å². The van der Waals surface area contributed by atoms with Crippen molar-refractivity contribution < 1.29 is 29.4 Å². The molecule has 7 N–H and O–H groups in total. The van der Waals surface area contributed by atoms with Gasteiger partial charge in [-0.3, -0.25) is 15.1 Å². The van der Waals surface area contributed by atoms with E-state index in [4.69, 9.17) is 24.7 Å². The number of amides is 1. The molecule has 262 valence electrons. The van der Waals surface area contributed by atoms with Gasteiger partial charge in [-0.1, -0.05) is 18.9 Å². The lowest BCUT2D eigenvalue weighted by molar-refractivity contribution is -0.447. The molecule has 1 aliphatic carbocycles. The van der Waals surface area contributed by atoms with E-state index >= 15 is 0 Å². The first-order valence-corrected chi connectivity index (χ1v) is 16.9. The molecule has 1 aromatic heterocycles. The minimum atomic E-state index is -0.384. The first-order valence-electron chi connectivity index (χ1n) is 16.9. The lowest BCUT2D eigenvalue weighted by atomic mass is 10.2. The van der Waals surface area contributed by atoms with Crippen LogP contribution in [0.3, 0.4) is 0 Å². The zero-order chi connectivity index (χ0) is 33.8. The van der Waals surface area contributed by atoms with Crippen LogP contribution in [0.15, 0.2) is 55.5 Å². The van der Waals surface area contributed by atoms with Crippen molar-refractivity contribution in [3.8, 4) is 0 Å².